The van der Waals surface area contributed by atoms with Crippen molar-refractivity contribution in [3.05, 3.63) is 90.0 Å². The van der Waals surface area contributed by atoms with Gasteiger partial charge in [-0.1, -0.05) is 42.1 Å². The zero-order valence-electron chi connectivity index (χ0n) is 16.6. The molecule has 6 nitrogen and oxygen atoms in total. The molecular weight excluding hydrogens is 436 g/mol. The minimum Gasteiger partial charge on any atom is -0.435 e. The zero-order chi connectivity index (χ0) is 22.3. The van der Waals surface area contributed by atoms with E-state index in [1.165, 1.54) is 23.9 Å². The Kier molecular flexibility index (Phi) is 6.76. The summed E-state index contributed by atoms with van der Waals surface area (Å²) in [6.45, 7) is -2.88. The van der Waals surface area contributed by atoms with Crippen molar-refractivity contribution < 1.29 is 22.7 Å². The van der Waals surface area contributed by atoms with Crippen LogP contribution in [-0.4, -0.2) is 22.7 Å². The quantitative estimate of drug-likeness (QED) is 0.336. The van der Waals surface area contributed by atoms with E-state index >= 15 is 0 Å². The lowest BCUT2D eigenvalue weighted by Gasteiger charge is -2.06. The van der Waals surface area contributed by atoms with E-state index in [4.69, 9.17) is 4.42 Å². The number of rotatable bonds is 8. The average molecular weight is 453 g/mol. The first-order valence-corrected chi connectivity index (χ1v) is 10.5. The van der Waals surface area contributed by atoms with E-state index in [1.807, 2.05) is 48.5 Å². The molecule has 0 spiro atoms. The molecule has 4 aromatic rings. The number of halogens is 2. The van der Waals surface area contributed by atoms with Crippen molar-refractivity contribution in [1.82, 2.24) is 10.2 Å². The van der Waals surface area contributed by atoms with Crippen molar-refractivity contribution in [2.75, 3.05) is 5.32 Å². The van der Waals surface area contributed by atoms with Gasteiger partial charge >= 0.3 is 6.61 Å². The van der Waals surface area contributed by atoms with Gasteiger partial charge in [-0.15, -0.1) is 10.2 Å². The predicted octanol–water partition coefficient (Wildman–Crippen LogP) is 5.88. The van der Waals surface area contributed by atoms with E-state index in [1.54, 1.807) is 18.2 Å². The molecule has 0 saturated heterocycles. The van der Waals surface area contributed by atoms with Gasteiger partial charge in [0.25, 0.3) is 11.1 Å². The van der Waals surface area contributed by atoms with Crippen LogP contribution in [0.1, 0.15) is 15.9 Å². The van der Waals surface area contributed by atoms with Gasteiger partial charge in [-0.05, 0) is 54.1 Å². The second kappa shape index (κ2) is 10.1. The fraction of sp³-hybridized carbons (Fsp3) is 0.0870. The molecule has 0 aliphatic heterocycles. The summed E-state index contributed by atoms with van der Waals surface area (Å²) in [5, 5.41) is 11.2. The number of amides is 1. The number of thioether (sulfide) groups is 1. The van der Waals surface area contributed by atoms with Gasteiger partial charge in [0.2, 0.25) is 5.89 Å². The third kappa shape index (κ3) is 5.70. The van der Waals surface area contributed by atoms with Gasteiger partial charge in [0.1, 0.15) is 5.75 Å². The Hall–Kier alpha value is -3.72. The summed E-state index contributed by atoms with van der Waals surface area (Å²) in [5.41, 5.74) is 2.78. The summed E-state index contributed by atoms with van der Waals surface area (Å²) >= 11 is 1.33. The normalized spacial score (nSPS) is 10.8. The highest BCUT2D eigenvalue weighted by atomic mass is 32.2. The van der Waals surface area contributed by atoms with Crippen molar-refractivity contribution >= 4 is 23.4 Å². The number of hydrogen-bond donors (Lipinski definition) is 1. The minimum atomic E-state index is -2.88. The third-order valence-electron chi connectivity index (χ3n) is 4.32. The zero-order valence-corrected chi connectivity index (χ0v) is 17.4. The van der Waals surface area contributed by atoms with Crippen molar-refractivity contribution in [2.45, 2.75) is 17.6 Å². The lowest BCUT2D eigenvalue weighted by atomic mass is 10.1. The van der Waals surface area contributed by atoms with Crippen molar-refractivity contribution in [1.29, 1.82) is 0 Å². The highest BCUT2D eigenvalue weighted by Crippen LogP contribution is 2.27. The average Bonchev–Trinajstić information content (AvgIpc) is 3.28. The van der Waals surface area contributed by atoms with Gasteiger partial charge in [0.15, 0.2) is 0 Å². The molecule has 1 N–H and O–H groups in total. The van der Waals surface area contributed by atoms with Crippen LogP contribution in [0, 0.1) is 0 Å². The second-order valence-electron chi connectivity index (χ2n) is 6.59. The molecule has 1 heterocycles. The smallest absolute Gasteiger partial charge is 0.387 e. The number of carbonyl (C=O) groups excluding carboxylic acids is 1. The summed E-state index contributed by atoms with van der Waals surface area (Å²) in [4.78, 5) is 12.5. The maximum absolute atomic E-state index is 12.5. The van der Waals surface area contributed by atoms with Crippen LogP contribution < -0.4 is 10.1 Å². The molecular formula is C23H17F2N3O3S. The third-order valence-corrected chi connectivity index (χ3v) is 5.21. The van der Waals surface area contributed by atoms with E-state index < -0.39 is 6.61 Å². The minimum absolute atomic E-state index is 0.0500. The van der Waals surface area contributed by atoms with Crippen LogP contribution >= 0.6 is 11.8 Å². The number of hydrogen-bond acceptors (Lipinski definition) is 6. The number of nitrogens with zero attached hydrogens (tertiary/aromatic N) is 2. The molecule has 162 valence electrons. The molecule has 9 heteroatoms. The Morgan fingerprint density at radius 1 is 1.00 bits per heavy atom. The summed E-state index contributed by atoms with van der Waals surface area (Å²) in [6, 6.07) is 22.5. The van der Waals surface area contributed by atoms with Gasteiger partial charge in [0.05, 0.1) is 0 Å². The molecule has 0 aliphatic carbocycles. The fourth-order valence-corrected chi connectivity index (χ4v) is 3.54. The van der Waals surface area contributed by atoms with Crippen LogP contribution in [-0.2, 0) is 5.75 Å². The van der Waals surface area contributed by atoms with Crippen molar-refractivity contribution in [3.63, 3.8) is 0 Å². The molecule has 4 rings (SSSR count). The highest BCUT2D eigenvalue weighted by Gasteiger charge is 2.12. The molecule has 3 aromatic carbocycles. The first-order chi connectivity index (χ1) is 15.6. The number of anilines is 1. The van der Waals surface area contributed by atoms with Gasteiger partial charge in [-0.3, -0.25) is 4.79 Å². The molecule has 32 heavy (non-hydrogen) atoms. The molecule has 0 saturated carbocycles. The van der Waals surface area contributed by atoms with Crippen LogP contribution in [0.5, 0.6) is 5.75 Å². The first-order valence-electron chi connectivity index (χ1n) is 9.54. The molecule has 0 atom stereocenters. The molecule has 0 aliphatic rings. The Morgan fingerprint density at radius 3 is 2.53 bits per heavy atom. The topological polar surface area (TPSA) is 77.2 Å². The van der Waals surface area contributed by atoms with Crippen LogP contribution in [0.25, 0.3) is 11.5 Å². The van der Waals surface area contributed by atoms with Gasteiger partial charge in [0, 0.05) is 22.6 Å². The number of carbonyl (C=O) groups is 1. The second-order valence-corrected chi connectivity index (χ2v) is 7.51. The number of nitrogens with one attached hydrogen (secondary N) is 1. The van der Waals surface area contributed by atoms with Gasteiger partial charge in [-0.2, -0.15) is 8.78 Å². The molecule has 0 fully saturated rings. The molecule has 1 aromatic heterocycles. The monoisotopic (exact) mass is 453 g/mol. The Morgan fingerprint density at radius 2 is 1.78 bits per heavy atom. The van der Waals surface area contributed by atoms with Crippen molar-refractivity contribution in [3.8, 4) is 17.2 Å². The molecule has 0 radical (unpaired) electrons. The summed E-state index contributed by atoms with van der Waals surface area (Å²) in [5.74, 6) is 0.651. The van der Waals surface area contributed by atoms with Gasteiger partial charge < -0.3 is 14.5 Å². The summed E-state index contributed by atoms with van der Waals surface area (Å²) in [6.07, 6.45) is 0. The van der Waals surface area contributed by atoms with E-state index in [0.717, 1.165) is 11.3 Å². The molecule has 1 amide bonds. The number of ether oxygens (including phenoxy) is 1. The fourth-order valence-electron chi connectivity index (χ4n) is 2.84. The van der Waals surface area contributed by atoms with E-state index in [9.17, 15) is 13.6 Å². The maximum Gasteiger partial charge on any atom is 0.387 e. The lowest BCUT2D eigenvalue weighted by Crippen LogP contribution is -2.11. The summed E-state index contributed by atoms with van der Waals surface area (Å²) < 4.78 is 34.5. The largest absolute Gasteiger partial charge is 0.435 e. The standard InChI is InChI=1S/C23H17F2N3O3S/c24-22(25)30-19-11-9-16(10-12-19)21-27-28-23(31-21)32-14-15-5-4-6-17(13-15)20(29)26-18-7-2-1-3-8-18/h1-13,22H,14H2,(H,26,29). The number of para-hydroxylation sites is 1. The molecule has 0 unspecified atom stereocenters. The molecule has 0 bridgehead atoms. The van der Waals surface area contributed by atoms with Crippen LogP contribution in [0.15, 0.2) is 88.5 Å². The summed E-state index contributed by atoms with van der Waals surface area (Å²) in [7, 11) is 0. The Bertz CT molecular complexity index is 1180. The van der Waals surface area contributed by atoms with Crippen LogP contribution in [0.3, 0.4) is 0 Å². The van der Waals surface area contributed by atoms with Crippen LogP contribution in [0.2, 0.25) is 0 Å². The predicted molar refractivity (Wildman–Crippen MR) is 117 cm³/mol. The van der Waals surface area contributed by atoms with E-state index in [0.29, 0.717) is 22.1 Å². The number of aromatic nitrogens is 2. The highest BCUT2D eigenvalue weighted by molar-refractivity contribution is 7.98. The van der Waals surface area contributed by atoms with Gasteiger partial charge in [-0.25, -0.2) is 0 Å². The maximum atomic E-state index is 12.5. The Labute approximate surface area is 186 Å². The number of benzene rings is 3. The van der Waals surface area contributed by atoms with Crippen LogP contribution in [0.4, 0.5) is 14.5 Å². The van der Waals surface area contributed by atoms with E-state index in [-0.39, 0.29) is 17.5 Å². The first kappa shape index (κ1) is 21.5. The Balaban J connectivity index is 1.37. The van der Waals surface area contributed by atoms with Crippen molar-refractivity contribution in [2.24, 2.45) is 0 Å². The SMILES string of the molecule is O=C(Nc1ccccc1)c1cccc(CSc2nnc(-c3ccc(OC(F)F)cc3)o2)c1. The van der Waals surface area contributed by atoms with E-state index in [2.05, 4.69) is 20.3 Å². The lowest BCUT2D eigenvalue weighted by molar-refractivity contribution is -0.0498. The number of alkyl halides is 2.